The first kappa shape index (κ1) is 30.2. The van der Waals surface area contributed by atoms with Crippen molar-refractivity contribution in [1.82, 2.24) is 0 Å². The molecule has 1 fully saturated rings. The minimum Gasteiger partial charge on any atom is -1.00 e. The van der Waals surface area contributed by atoms with Crippen LogP contribution in [0.15, 0.2) is 23.8 Å². The second kappa shape index (κ2) is 14.5. The van der Waals surface area contributed by atoms with Crippen LogP contribution in [-0.2, 0) is 23.3 Å². The fourth-order valence-corrected chi connectivity index (χ4v) is 10.7. The summed E-state index contributed by atoms with van der Waals surface area (Å²) in [6.07, 6.45) is 13.0. The van der Waals surface area contributed by atoms with Gasteiger partial charge in [-0.25, -0.2) is 18.1 Å². The van der Waals surface area contributed by atoms with Gasteiger partial charge in [-0.05, 0) is 12.3 Å². The number of rotatable bonds is 2. The Balaban J connectivity index is -0.000000283. The summed E-state index contributed by atoms with van der Waals surface area (Å²) >= 11 is 1.74. The van der Waals surface area contributed by atoms with Crippen molar-refractivity contribution in [2.24, 2.45) is 5.92 Å². The Morgan fingerprint density at radius 1 is 1.08 bits per heavy atom. The Labute approximate surface area is 181 Å². The topological polar surface area (TPSA) is 14.1 Å². The van der Waals surface area contributed by atoms with Crippen LogP contribution in [0.5, 0.6) is 0 Å². The Morgan fingerprint density at radius 3 is 1.88 bits per heavy atom. The molecule has 0 aromatic rings. The quantitative estimate of drug-likeness (QED) is 0.384. The Morgan fingerprint density at radius 2 is 1.54 bits per heavy atom. The number of fused-ring (bicyclic) bond motifs is 1. The predicted octanol–water partition coefficient (Wildman–Crippen LogP) is 0.309. The average molecular weight is 500 g/mol. The van der Waals surface area contributed by atoms with E-state index in [9.17, 15) is 0 Å². The van der Waals surface area contributed by atoms with Gasteiger partial charge in [0.25, 0.3) is 0 Å². The molecule has 2 aliphatic rings. The largest absolute Gasteiger partial charge is 1.00 e. The van der Waals surface area contributed by atoms with E-state index in [1.165, 1.54) is 19.3 Å². The molecule has 7 heteroatoms. The van der Waals surface area contributed by atoms with Crippen LogP contribution in [-0.4, -0.2) is 21.9 Å². The van der Waals surface area contributed by atoms with Crippen LogP contribution in [0, 0.1) is 12.3 Å². The number of nitrogens with zero attached hydrogens (tertiary/aromatic N) is 1. The third kappa shape index (κ3) is 19.7. The van der Waals surface area contributed by atoms with E-state index in [0.717, 1.165) is 5.92 Å². The van der Waals surface area contributed by atoms with Crippen LogP contribution in [0.1, 0.15) is 19.3 Å². The van der Waals surface area contributed by atoms with Crippen LogP contribution in [0.4, 0.5) is 0 Å². The van der Waals surface area contributed by atoms with Crippen molar-refractivity contribution in [1.29, 1.82) is 0 Å². The maximum atomic E-state index is 4.82. The molecule has 0 amide bonds. The molecule has 1 nitrogen and oxygen atoms in total. The van der Waals surface area contributed by atoms with E-state index in [1.54, 1.807) is 28.9 Å². The van der Waals surface area contributed by atoms with E-state index in [4.69, 9.17) is 4.65 Å². The molecule has 1 atom stereocenters. The van der Waals surface area contributed by atoms with E-state index in [-0.39, 0.29) is 30.2 Å². The standard InChI is InChI=1S/C9H11.C6H18NSi2.C2H6Si.2ClH.Zr/c1-2-5-9-7-3-6-8(9)4-1;1-8(2,3)7-9(4,5)6;1-3-2;;;/h1-2,4,6,9H,3,5,7H2;1-6H3;1-2H3;2*1H;/q2*-1;;;;+2/p-2. The molecule has 140 valence electrons. The van der Waals surface area contributed by atoms with Gasteiger partial charge in [0.1, 0.15) is 0 Å². The summed E-state index contributed by atoms with van der Waals surface area (Å²) in [5.74, 6) is 0.884. The summed E-state index contributed by atoms with van der Waals surface area (Å²) < 4.78 is 4.82. The predicted molar refractivity (Wildman–Crippen MR) is 106 cm³/mol. The fraction of sp³-hybridized carbons (Fsp3) is 0.706. The van der Waals surface area contributed by atoms with Crippen molar-refractivity contribution >= 4 is 21.9 Å². The summed E-state index contributed by atoms with van der Waals surface area (Å²) in [6, 6.07) is 0. The first-order chi connectivity index (χ1) is 9.91. The van der Waals surface area contributed by atoms with Gasteiger partial charge in [0, 0.05) is 0 Å². The zero-order valence-corrected chi connectivity index (χ0v) is 23.7. The van der Waals surface area contributed by atoms with Gasteiger partial charge >= 0.3 is 41.9 Å². The van der Waals surface area contributed by atoms with E-state index in [1.807, 2.05) is 0 Å². The molecule has 0 aromatic carbocycles. The van der Waals surface area contributed by atoms with E-state index < -0.39 is 16.5 Å². The van der Waals surface area contributed by atoms with Crippen LogP contribution in [0.25, 0.3) is 4.65 Å². The maximum Gasteiger partial charge on any atom is -1.00 e. The normalized spacial score (nSPS) is 18.1. The van der Waals surface area contributed by atoms with Crippen molar-refractivity contribution in [3.8, 4) is 0 Å². The van der Waals surface area contributed by atoms with Crippen LogP contribution in [0.3, 0.4) is 0 Å². The SMILES string of the molecule is C1=CCC2CC[CH-]C2=C1.C[Si](C)(C)[N-][Si](C)(C)C.C[Si](C)=[Zr+2].[Cl-].[Cl-]. The molecule has 24 heavy (non-hydrogen) atoms. The third-order valence-corrected chi connectivity index (χ3v) is 8.25. The van der Waals surface area contributed by atoms with Crippen LogP contribution < -0.4 is 24.8 Å². The summed E-state index contributed by atoms with van der Waals surface area (Å²) in [6.45, 7) is 18.4. The molecule has 0 aromatic heterocycles. The first-order valence-electron chi connectivity index (χ1n) is 8.36. The van der Waals surface area contributed by atoms with Gasteiger partial charge in [-0.3, -0.25) is 0 Å². The van der Waals surface area contributed by atoms with Crippen LogP contribution >= 0.6 is 0 Å². The first-order valence-corrected chi connectivity index (χ1v) is 21.4. The molecular weight excluding hydrogens is 465 g/mol. The molecule has 0 radical (unpaired) electrons. The fourth-order valence-electron chi connectivity index (χ4n) is 2.67. The summed E-state index contributed by atoms with van der Waals surface area (Å²) in [5.41, 5.74) is 1.79. The number of hydrogen-bond acceptors (Lipinski definition) is 0. The van der Waals surface area contributed by atoms with Gasteiger partial charge in [0.05, 0.1) is 0 Å². The average Bonchev–Trinajstić information content (AvgIpc) is 2.71. The monoisotopic (exact) mass is 497 g/mol. The summed E-state index contributed by atoms with van der Waals surface area (Å²) in [5, 5.41) is 0. The van der Waals surface area contributed by atoms with E-state index >= 15 is 0 Å². The van der Waals surface area contributed by atoms with Crippen molar-refractivity contribution in [2.75, 3.05) is 0 Å². The molecule has 1 unspecified atom stereocenters. The molecule has 2 aliphatic carbocycles. The van der Waals surface area contributed by atoms with Gasteiger partial charge in [-0.15, -0.1) is 18.6 Å². The zero-order valence-electron chi connectivity index (χ0n) is 16.7. The number of allylic oxidation sites excluding steroid dienone is 4. The van der Waals surface area contributed by atoms with Gasteiger partial charge in [0.15, 0.2) is 0 Å². The molecule has 0 saturated heterocycles. The molecule has 0 bridgehead atoms. The summed E-state index contributed by atoms with van der Waals surface area (Å²) in [7, 11) is -2.21. The van der Waals surface area contributed by atoms with Crippen LogP contribution in [0.2, 0.25) is 52.4 Å². The van der Waals surface area contributed by atoms with Gasteiger partial charge < -0.3 is 29.5 Å². The van der Waals surface area contributed by atoms with Crippen molar-refractivity contribution in [3.05, 3.63) is 34.9 Å². The molecule has 0 heterocycles. The molecule has 2 rings (SSSR count). The number of halogens is 2. The van der Waals surface area contributed by atoms with Gasteiger partial charge in [0.2, 0.25) is 0 Å². The molecule has 0 spiro atoms. The minimum absolute atomic E-state index is 0. The van der Waals surface area contributed by atoms with Crippen molar-refractivity contribution < 1.29 is 48.1 Å². The van der Waals surface area contributed by atoms with E-state index in [2.05, 4.69) is 77.0 Å². The molecule has 0 N–H and O–H groups in total. The second-order valence-electron chi connectivity index (χ2n) is 8.26. The molecular formula is C17H35Cl2NSi3Zr-2. The second-order valence-corrected chi connectivity index (χ2v) is 27.2. The Bertz CT molecular complexity index is 397. The number of hydrogen-bond donors (Lipinski definition) is 0. The maximum absolute atomic E-state index is 4.82. The Kier molecular flexibility index (Phi) is 18.2. The van der Waals surface area contributed by atoms with E-state index in [0.29, 0.717) is 0 Å². The van der Waals surface area contributed by atoms with Gasteiger partial charge in [-0.2, -0.15) is 0 Å². The van der Waals surface area contributed by atoms with Crippen molar-refractivity contribution in [2.45, 2.75) is 71.6 Å². The summed E-state index contributed by atoms with van der Waals surface area (Å²) in [4.78, 5) is 0. The Hall–Kier alpha value is 1.42. The molecule has 1 saturated carbocycles. The van der Waals surface area contributed by atoms with Gasteiger partial charge in [-0.1, -0.05) is 62.2 Å². The third-order valence-electron chi connectivity index (χ3n) is 2.88. The van der Waals surface area contributed by atoms with Crippen molar-refractivity contribution in [3.63, 3.8) is 0 Å². The zero-order chi connectivity index (χ0) is 17.4. The smallest absolute Gasteiger partial charge is 1.00 e. The molecule has 0 aliphatic heterocycles. The minimum atomic E-state index is -1.11.